The van der Waals surface area contributed by atoms with Gasteiger partial charge in [0.15, 0.2) is 0 Å². The van der Waals surface area contributed by atoms with Crippen LogP contribution in [0.2, 0.25) is 0 Å². The molecule has 0 atom stereocenters. The summed E-state index contributed by atoms with van der Waals surface area (Å²) in [7, 11) is 0. The van der Waals surface area contributed by atoms with Crippen LogP contribution < -0.4 is 0 Å². The summed E-state index contributed by atoms with van der Waals surface area (Å²) >= 11 is 9.77. The van der Waals surface area contributed by atoms with E-state index in [1.807, 2.05) is 13.3 Å². The van der Waals surface area contributed by atoms with Gasteiger partial charge in [-0.2, -0.15) is 0 Å². The van der Waals surface area contributed by atoms with E-state index in [4.69, 9.17) is 0 Å². The molecule has 1 radical (unpaired) electrons. The van der Waals surface area contributed by atoms with Crippen molar-refractivity contribution in [2.24, 2.45) is 0 Å². The van der Waals surface area contributed by atoms with Crippen LogP contribution in [0.1, 0.15) is 6.92 Å². The molecule has 0 fully saturated rings. The molecule has 6 heavy (non-hydrogen) atoms. The van der Waals surface area contributed by atoms with Crippen molar-refractivity contribution in [3.63, 3.8) is 0 Å². The van der Waals surface area contributed by atoms with Crippen molar-refractivity contribution in [1.82, 2.24) is 0 Å². The summed E-state index contributed by atoms with van der Waals surface area (Å²) in [6.45, 7) is 1.94. The standard InChI is InChI=1S/C3H4Br3/c1-2-3(4,5)6/h2H,1H3. The van der Waals surface area contributed by atoms with E-state index in [1.165, 1.54) is 0 Å². The molecule has 0 spiro atoms. The Kier molecular flexibility index (Phi) is 3.32. The van der Waals surface area contributed by atoms with E-state index in [9.17, 15) is 0 Å². The van der Waals surface area contributed by atoms with Crippen LogP contribution in [0.3, 0.4) is 0 Å². The summed E-state index contributed by atoms with van der Waals surface area (Å²) in [4.78, 5) is 0. The van der Waals surface area contributed by atoms with Gasteiger partial charge in [0, 0.05) is 0 Å². The van der Waals surface area contributed by atoms with Gasteiger partial charge in [-0.3, -0.25) is 0 Å². The maximum Gasteiger partial charge on any atom is 0.137 e. The molecule has 37 valence electrons. The van der Waals surface area contributed by atoms with Crippen molar-refractivity contribution >= 4 is 47.8 Å². The highest BCUT2D eigenvalue weighted by Crippen LogP contribution is 2.35. The van der Waals surface area contributed by atoms with Gasteiger partial charge in [-0.15, -0.1) is 0 Å². The predicted octanol–water partition coefficient (Wildman–Crippen LogP) is 3.05. The second-order valence-electron chi connectivity index (χ2n) is 0.830. The third kappa shape index (κ3) is 5.44. The highest BCUT2D eigenvalue weighted by Gasteiger charge is 2.12. The minimum absolute atomic E-state index is 0.146. The third-order valence-electron chi connectivity index (χ3n) is 0.327. The molecule has 0 unspecified atom stereocenters. The van der Waals surface area contributed by atoms with E-state index in [2.05, 4.69) is 47.8 Å². The Balaban J connectivity index is 3.17. The number of hydrogen-bond donors (Lipinski definition) is 0. The zero-order valence-corrected chi connectivity index (χ0v) is 7.97. The lowest BCUT2D eigenvalue weighted by Crippen LogP contribution is -1.93. The molecule has 0 aliphatic rings. The molecular formula is C3H4Br3. The molecular weight excluding hydrogens is 276 g/mol. The number of alkyl halides is 3. The molecule has 0 aromatic heterocycles. The molecule has 0 bridgehead atoms. The number of hydrogen-bond acceptors (Lipinski definition) is 0. The molecule has 0 saturated heterocycles. The van der Waals surface area contributed by atoms with Gasteiger partial charge in [0.2, 0.25) is 0 Å². The van der Waals surface area contributed by atoms with Gasteiger partial charge in [0.05, 0.1) is 0 Å². The maximum absolute atomic E-state index is 3.26. The highest BCUT2D eigenvalue weighted by atomic mass is 80.0. The van der Waals surface area contributed by atoms with E-state index >= 15 is 0 Å². The SMILES string of the molecule is C[CH]C(Br)(Br)Br. The monoisotopic (exact) mass is 277 g/mol. The summed E-state index contributed by atoms with van der Waals surface area (Å²) < 4.78 is -0.146. The Morgan fingerprint density at radius 1 is 1.33 bits per heavy atom. The highest BCUT2D eigenvalue weighted by molar-refractivity contribution is 9.39. The maximum atomic E-state index is 3.26. The van der Waals surface area contributed by atoms with E-state index in [-0.39, 0.29) is 2.14 Å². The summed E-state index contributed by atoms with van der Waals surface area (Å²) in [5, 5.41) is 0. The van der Waals surface area contributed by atoms with E-state index in [1.54, 1.807) is 0 Å². The Labute approximate surface area is 63.1 Å². The fraction of sp³-hybridized carbons (Fsp3) is 0.667. The van der Waals surface area contributed by atoms with Gasteiger partial charge in [-0.05, 0) is 6.42 Å². The molecule has 3 heteroatoms. The van der Waals surface area contributed by atoms with Crippen molar-refractivity contribution in [3.05, 3.63) is 6.42 Å². The smallest absolute Gasteiger partial charge is 0.0596 e. The van der Waals surface area contributed by atoms with Crippen LogP contribution in [-0.4, -0.2) is 2.14 Å². The van der Waals surface area contributed by atoms with Crippen molar-refractivity contribution in [2.45, 2.75) is 9.07 Å². The molecule has 0 aromatic carbocycles. The van der Waals surface area contributed by atoms with Crippen molar-refractivity contribution < 1.29 is 0 Å². The predicted molar refractivity (Wildman–Crippen MR) is 39.5 cm³/mol. The Morgan fingerprint density at radius 2 is 1.50 bits per heavy atom. The fourth-order valence-electron chi connectivity index (χ4n) is 0. The van der Waals surface area contributed by atoms with E-state index < -0.39 is 0 Å². The van der Waals surface area contributed by atoms with E-state index in [0.29, 0.717) is 0 Å². The van der Waals surface area contributed by atoms with Crippen LogP contribution in [0, 0.1) is 6.42 Å². The molecule has 0 aliphatic heterocycles. The average molecular weight is 280 g/mol. The van der Waals surface area contributed by atoms with Crippen LogP contribution in [0.15, 0.2) is 0 Å². The Morgan fingerprint density at radius 3 is 1.50 bits per heavy atom. The van der Waals surface area contributed by atoms with Crippen molar-refractivity contribution in [2.75, 3.05) is 0 Å². The molecule has 0 N–H and O–H groups in total. The van der Waals surface area contributed by atoms with Gasteiger partial charge in [0.1, 0.15) is 2.14 Å². The van der Waals surface area contributed by atoms with Gasteiger partial charge in [0.25, 0.3) is 0 Å². The van der Waals surface area contributed by atoms with E-state index in [0.717, 1.165) is 0 Å². The van der Waals surface area contributed by atoms with Crippen molar-refractivity contribution in [1.29, 1.82) is 0 Å². The summed E-state index contributed by atoms with van der Waals surface area (Å²) in [5.41, 5.74) is 0. The summed E-state index contributed by atoms with van der Waals surface area (Å²) in [5.74, 6) is 0. The van der Waals surface area contributed by atoms with Crippen LogP contribution in [0.4, 0.5) is 0 Å². The first-order valence-corrected chi connectivity index (χ1v) is 3.81. The van der Waals surface area contributed by atoms with Crippen LogP contribution in [-0.2, 0) is 0 Å². The molecule has 0 nitrogen and oxygen atoms in total. The quantitative estimate of drug-likeness (QED) is 0.598. The van der Waals surface area contributed by atoms with Gasteiger partial charge in [-0.1, -0.05) is 54.7 Å². The second-order valence-corrected chi connectivity index (χ2v) is 7.78. The Bertz CT molecular complexity index is 35.8. The lowest BCUT2D eigenvalue weighted by atomic mass is 10.6. The van der Waals surface area contributed by atoms with Crippen molar-refractivity contribution in [3.8, 4) is 0 Å². The molecule has 0 heterocycles. The van der Waals surface area contributed by atoms with Gasteiger partial charge in [-0.25, -0.2) is 0 Å². The second kappa shape index (κ2) is 2.68. The zero-order valence-electron chi connectivity index (χ0n) is 3.21. The zero-order chi connectivity index (χ0) is 5.21. The first-order valence-electron chi connectivity index (χ1n) is 1.43. The lowest BCUT2D eigenvalue weighted by Gasteiger charge is -2.03. The first-order chi connectivity index (χ1) is 2.56. The van der Waals surface area contributed by atoms with Crippen LogP contribution in [0.5, 0.6) is 0 Å². The first kappa shape index (κ1) is 7.44. The fourth-order valence-corrected chi connectivity index (χ4v) is 0. The average Bonchev–Trinajstić information content (AvgIpc) is 1.35. The number of rotatable bonds is 0. The minimum atomic E-state index is -0.146. The van der Waals surface area contributed by atoms with Gasteiger partial charge < -0.3 is 0 Å². The molecule has 0 amide bonds. The number of halogens is 3. The molecule has 0 rings (SSSR count). The third-order valence-corrected chi connectivity index (χ3v) is 1.70. The summed E-state index contributed by atoms with van der Waals surface area (Å²) in [6.07, 6.45) is 1.94. The lowest BCUT2D eigenvalue weighted by molar-refractivity contribution is 1.35. The van der Waals surface area contributed by atoms with Crippen LogP contribution >= 0.6 is 47.8 Å². The molecule has 0 saturated carbocycles. The topological polar surface area (TPSA) is 0 Å². The molecule has 0 aromatic rings. The normalized spacial score (nSPS) is 12.0. The minimum Gasteiger partial charge on any atom is -0.0596 e. The Hall–Kier alpha value is 1.44. The van der Waals surface area contributed by atoms with Gasteiger partial charge >= 0.3 is 0 Å². The summed E-state index contributed by atoms with van der Waals surface area (Å²) in [6, 6.07) is 0. The molecule has 0 aliphatic carbocycles. The largest absolute Gasteiger partial charge is 0.137 e. The van der Waals surface area contributed by atoms with Crippen LogP contribution in [0.25, 0.3) is 0 Å².